The van der Waals surface area contributed by atoms with E-state index in [0.717, 1.165) is 0 Å². The molecule has 1 aliphatic heterocycles. The van der Waals surface area contributed by atoms with Crippen LogP contribution in [-0.2, 0) is 9.59 Å². The molecule has 1 aliphatic rings. The van der Waals surface area contributed by atoms with E-state index in [1.807, 2.05) is 0 Å². The molecule has 1 heterocycles. The van der Waals surface area contributed by atoms with E-state index in [0.29, 0.717) is 0 Å². The Morgan fingerprint density at radius 3 is 3.06 bits per heavy atom. The van der Waals surface area contributed by atoms with Crippen LogP contribution in [0.3, 0.4) is 0 Å². The summed E-state index contributed by atoms with van der Waals surface area (Å²) in [6, 6.07) is 0. The van der Waals surface area contributed by atoms with Crippen LogP contribution in [-0.4, -0.2) is 47.7 Å². The lowest BCUT2D eigenvalue weighted by Gasteiger charge is -2.19. The maximum atomic E-state index is 11.3. The van der Waals surface area contributed by atoms with E-state index in [1.165, 1.54) is 17.1 Å². The number of azide groups is 1. The van der Waals surface area contributed by atoms with Crippen LogP contribution in [0.1, 0.15) is 6.42 Å². The van der Waals surface area contributed by atoms with Crippen molar-refractivity contribution < 1.29 is 14.7 Å². The van der Waals surface area contributed by atoms with Crippen LogP contribution in [0.5, 0.6) is 0 Å². The third kappa shape index (κ3) is 4.13. The van der Waals surface area contributed by atoms with Gasteiger partial charge in [-0.3, -0.25) is 9.59 Å². The molecule has 1 rings (SSSR count). The Hall–Kier alpha value is -2.05. The highest BCUT2D eigenvalue weighted by atomic mass is 16.3. The van der Waals surface area contributed by atoms with Crippen molar-refractivity contribution in [1.29, 1.82) is 0 Å². The van der Waals surface area contributed by atoms with Gasteiger partial charge < -0.3 is 15.3 Å². The van der Waals surface area contributed by atoms with Crippen molar-refractivity contribution in [2.75, 3.05) is 19.6 Å². The van der Waals surface area contributed by atoms with Crippen molar-refractivity contribution in [2.24, 2.45) is 5.11 Å². The third-order valence-corrected chi connectivity index (χ3v) is 2.19. The summed E-state index contributed by atoms with van der Waals surface area (Å²) in [5.74, 6) is -0.565. The second-order valence-corrected chi connectivity index (χ2v) is 3.36. The summed E-state index contributed by atoms with van der Waals surface area (Å²) in [6.45, 7) is 0.604. The molecule has 0 saturated heterocycles. The fourth-order valence-corrected chi connectivity index (χ4v) is 1.34. The maximum absolute atomic E-state index is 11.3. The van der Waals surface area contributed by atoms with Crippen molar-refractivity contribution in [2.45, 2.75) is 12.6 Å². The quantitative estimate of drug-likeness (QED) is 0.282. The molecular formula is C9H13N5O3. The van der Waals surface area contributed by atoms with Gasteiger partial charge in [0.25, 0.3) is 0 Å². The molecule has 17 heavy (non-hydrogen) atoms. The molecule has 0 aliphatic carbocycles. The summed E-state index contributed by atoms with van der Waals surface area (Å²) in [5, 5.41) is 15.1. The summed E-state index contributed by atoms with van der Waals surface area (Å²) in [6.07, 6.45) is 1.78. The number of rotatable bonds is 6. The first-order valence-electron chi connectivity index (χ1n) is 5.09. The summed E-state index contributed by atoms with van der Waals surface area (Å²) in [5.41, 5.74) is 8.00. The van der Waals surface area contributed by atoms with Crippen LogP contribution in [0.4, 0.5) is 0 Å². The molecule has 1 unspecified atom stereocenters. The lowest BCUT2D eigenvalue weighted by atomic mass is 10.3. The predicted octanol–water partition coefficient (Wildman–Crippen LogP) is -0.480. The van der Waals surface area contributed by atoms with E-state index in [4.69, 9.17) is 5.53 Å². The van der Waals surface area contributed by atoms with Gasteiger partial charge in [0, 0.05) is 37.0 Å². The standard InChI is InChI=1S/C9H13N5O3/c10-13-12-5-4-11-7(15)3-6-14-8(16)1-2-9(14)17/h1-2,8,16H,3-6H2,(H,11,15). The molecule has 8 heteroatoms. The predicted molar refractivity (Wildman–Crippen MR) is 58.5 cm³/mol. The van der Waals surface area contributed by atoms with Gasteiger partial charge in [-0.25, -0.2) is 0 Å². The number of nitrogens with one attached hydrogen (secondary N) is 1. The summed E-state index contributed by atoms with van der Waals surface area (Å²) in [7, 11) is 0. The summed E-state index contributed by atoms with van der Waals surface area (Å²) < 4.78 is 0. The number of hydrogen-bond donors (Lipinski definition) is 2. The number of carbonyl (C=O) groups excluding carboxylic acids is 2. The molecule has 2 amide bonds. The lowest BCUT2D eigenvalue weighted by Crippen LogP contribution is -2.37. The van der Waals surface area contributed by atoms with Crippen LogP contribution in [0.25, 0.3) is 10.4 Å². The number of carbonyl (C=O) groups is 2. The molecule has 0 fully saturated rings. The van der Waals surface area contributed by atoms with Crippen LogP contribution in [0.15, 0.2) is 17.3 Å². The zero-order chi connectivity index (χ0) is 12.7. The number of amides is 2. The zero-order valence-electron chi connectivity index (χ0n) is 9.11. The molecule has 0 aromatic heterocycles. The van der Waals surface area contributed by atoms with E-state index in [-0.39, 0.29) is 37.9 Å². The Kier molecular flexibility index (Phi) is 4.99. The number of aliphatic hydroxyl groups excluding tert-OH is 1. The maximum Gasteiger partial charge on any atom is 0.248 e. The second-order valence-electron chi connectivity index (χ2n) is 3.36. The van der Waals surface area contributed by atoms with Crippen LogP contribution < -0.4 is 5.32 Å². The van der Waals surface area contributed by atoms with E-state index >= 15 is 0 Å². The van der Waals surface area contributed by atoms with E-state index in [9.17, 15) is 14.7 Å². The Morgan fingerprint density at radius 1 is 1.71 bits per heavy atom. The first kappa shape index (κ1) is 13.0. The van der Waals surface area contributed by atoms with Gasteiger partial charge in [0.15, 0.2) is 0 Å². The molecule has 0 aromatic carbocycles. The van der Waals surface area contributed by atoms with Gasteiger partial charge in [-0.1, -0.05) is 5.11 Å². The normalized spacial score (nSPS) is 18.1. The SMILES string of the molecule is [N-]=[N+]=NCCNC(=O)CCN1C(=O)C=CC1O. The molecule has 1 atom stereocenters. The smallest absolute Gasteiger partial charge is 0.248 e. The molecule has 92 valence electrons. The molecule has 0 radical (unpaired) electrons. The largest absolute Gasteiger partial charge is 0.370 e. The molecular weight excluding hydrogens is 226 g/mol. The minimum absolute atomic E-state index is 0.0980. The van der Waals surface area contributed by atoms with Crippen molar-refractivity contribution in [3.8, 4) is 0 Å². The van der Waals surface area contributed by atoms with Gasteiger partial charge in [-0.15, -0.1) is 0 Å². The van der Waals surface area contributed by atoms with Crippen LogP contribution in [0, 0.1) is 0 Å². The summed E-state index contributed by atoms with van der Waals surface area (Å²) in [4.78, 5) is 26.2. The highest BCUT2D eigenvalue weighted by Gasteiger charge is 2.23. The van der Waals surface area contributed by atoms with E-state index < -0.39 is 6.23 Å². The number of aliphatic hydroxyl groups is 1. The van der Waals surface area contributed by atoms with Crippen molar-refractivity contribution in [3.63, 3.8) is 0 Å². The van der Waals surface area contributed by atoms with E-state index in [2.05, 4.69) is 15.3 Å². The Balaban J connectivity index is 2.19. The monoisotopic (exact) mass is 239 g/mol. The lowest BCUT2D eigenvalue weighted by molar-refractivity contribution is -0.131. The first-order chi connectivity index (χ1) is 8.15. The Labute approximate surface area is 97.5 Å². The minimum atomic E-state index is -0.946. The fraction of sp³-hybridized carbons (Fsp3) is 0.556. The van der Waals surface area contributed by atoms with Crippen molar-refractivity contribution in [1.82, 2.24) is 10.2 Å². The van der Waals surface area contributed by atoms with Gasteiger partial charge in [0.1, 0.15) is 6.23 Å². The topological polar surface area (TPSA) is 118 Å². The van der Waals surface area contributed by atoms with Crippen molar-refractivity contribution in [3.05, 3.63) is 22.6 Å². The van der Waals surface area contributed by atoms with Gasteiger partial charge in [-0.2, -0.15) is 0 Å². The summed E-state index contributed by atoms with van der Waals surface area (Å²) >= 11 is 0. The zero-order valence-corrected chi connectivity index (χ0v) is 9.11. The highest BCUT2D eigenvalue weighted by Crippen LogP contribution is 2.08. The molecule has 0 saturated carbocycles. The van der Waals surface area contributed by atoms with Crippen molar-refractivity contribution >= 4 is 11.8 Å². The van der Waals surface area contributed by atoms with Gasteiger partial charge in [0.2, 0.25) is 11.8 Å². The average molecular weight is 239 g/mol. The molecule has 2 N–H and O–H groups in total. The van der Waals surface area contributed by atoms with Crippen LogP contribution in [0.2, 0.25) is 0 Å². The van der Waals surface area contributed by atoms with Crippen LogP contribution >= 0.6 is 0 Å². The number of hydrogen-bond acceptors (Lipinski definition) is 4. The number of nitrogens with zero attached hydrogens (tertiary/aromatic N) is 4. The second kappa shape index (κ2) is 6.51. The molecule has 0 spiro atoms. The molecule has 0 aromatic rings. The fourth-order valence-electron chi connectivity index (χ4n) is 1.34. The molecule has 8 nitrogen and oxygen atoms in total. The van der Waals surface area contributed by atoms with E-state index in [1.54, 1.807) is 0 Å². The Bertz CT molecular complexity index is 375. The average Bonchev–Trinajstić information content (AvgIpc) is 2.62. The van der Waals surface area contributed by atoms with Gasteiger partial charge in [-0.05, 0) is 11.6 Å². The Morgan fingerprint density at radius 2 is 2.47 bits per heavy atom. The first-order valence-corrected chi connectivity index (χ1v) is 5.09. The van der Waals surface area contributed by atoms with Gasteiger partial charge in [0.05, 0.1) is 0 Å². The minimum Gasteiger partial charge on any atom is -0.370 e. The highest BCUT2D eigenvalue weighted by molar-refractivity contribution is 5.90. The third-order valence-electron chi connectivity index (χ3n) is 2.19. The van der Waals surface area contributed by atoms with Gasteiger partial charge >= 0.3 is 0 Å². The molecule has 0 bridgehead atoms.